The maximum absolute atomic E-state index is 10.8. The summed E-state index contributed by atoms with van der Waals surface area (Å²) in [4.78, 5) is 15.3. The zero-order chi connectivity index (χ0) is 12.4. The molecule has 1 amide bonds. The number of carbonyl (C=O) groups is 1. The second-order valence-corrected chi connectivity index (χ2v) is 4.33. The fraction of sp³-hybridized carbons (Fsp3) is 0.385. The Morgan fingerprint density at radius 1 is 1.53 bits per heavy atom. The number of aryl methyl sites for hydroxylation is 1. The first-order valence-electron chi connectivity index (χ1n) is 5.61. The average Bonchev–Trinajstić information content (AvgIpc) is 2.27. The molecule has 1 aliphatic rings. The predicted octanol–water partition coefficient (Wildman–Crippen LogP) is 2.03. The summed E-state index contributed by atoms with van der Waals surface area (Å²) in [5.41, 5.74) is 9.24. The number of primary amides is 1. The van der Waals surface area contributed by atoms with Gasteiger partial charge in [-0.25, -0.2) is 0 Å². The molecule has 0 aromatic heterocycles. The number of carbonyl (C=O) groups excluding carboxylic acids is 1. The number of hydrogen-bond acceptors (Lipinski definition) is 3. The minimum Gasteiger partial charge on any atom is -0.368 e. The van der Waals surface area contributed by atoms with Gasteiger partial charge in [0.25, 0.3) is 0 Å². The Hall–Kier alpha value is -1.68. The highest BCUT2D eigenvalue weighted by atomic mass is 16.5. The Bertz CT molecular complexity index is 480. The van der Waals surface area contributed by atoms with Crippen molar-refractivity contribution in [1.82, 2.24) is 0 Å². The van der Waals surface area contributed by atoms with E-state index < -0.39 is 5.91 Å². The van der Waals surface area contributed by atoms with E-state index in [4.69, 9.17) is 10.5 Å². The molecule has 17 heavy (non-hydrogen) atoms. The highest BCUT2D eigenvalue weighted by molar-refractivity contribution is 5.88. The van der Waals surface area contributed by atoms with Gasteiger partial charge in [-0.2, -0.15) is 0 Å². The van der Waals surface area contributed by atoms with Crippen LogP contribution in [0.15, 0.2) is 23.2 Å². The summed E-state index contributed by atoms with van der Waals surface area (Å²) in [6.07, 6.45) is 0.596. The van der Waals surface area contributed by atoms with Crippen molar-refractivity contribution in [1.29, 1.82) is 0 Å². The van der Waals surface area contributed by atoms with E-state index in [0.717, 1.165) is 22.5 Å². The van der Waals surface area contributed by atoms with Crippen LogP contribution in [0.25, 0.3) is 0 Å². The zero-order valence-corrected chi connectivity index (χ0v) is 10.1. The van der Waals surface area contributed by atoms with Crippen LogP contribution in [0, 0.1) is 6.92 Å². The molecular weight excluding hydrogens is 216 g/mol. The second kappa shape index (κ2) is 4.67. The lowest BCUT2D eigenvalue weighted by molar-refractivity contribution is -0.124. The van der Waals surface area contributed by atoms with Gasteiger partial charge in [-0.3, -0.25) is 9.79 Å². The van der Waals surface area contributed by atoms with Crippen LogP contribution in [0.1, 0.15) is 30.6 Å². The van der Waals surface area contributed by atoms with Crippen LogP contribution in [-0.2, 0) is 9.53 Å². The Morgan fingerprint density at radius 3 is 3.00 bits per heavy atom. The first kappa shape index (κ1) is 11.8. The van der Waals surface area contributed by atoms with E-state index >= 15 is 0 Å². The Morgan fingerprint density at radius 2 is 2.29 bits per heavy atom. The van der Waals surface area contributed by atoms with Crippen molar-refractivity contribution in [3.8, 4) is 0 Å². The lowest BCUT2D eigenvalue weighted by atomic mass is 9.96. The molecule has 4 nitrogen and oxygen atoms in total. The lowest BCUT2D eigenvalue weighted by Gasteiger charge is -2.24. The van der Waals surface area contributed by atoms with E-state index in [1.165, 1.54) is 0 Å². The molecule has 2 rings (SSSR count). The molecule has 1 atom stereocenters. The lowest BCUT2D eigenvalue weighted by Crippen LogP contribution is -2.22. The van der Waals surface area contributed by atoms with Crippen LogP contribution in [0.4, 0.5) is 5.69 Å². The largest absolute Gasteiger partial charge is 0.368 e. The van der Waals surface area contributed by atoms with Crippen molar-refractivity contribution in [3.63, 3.8) is 0 Å². The number of ether oxygens (including phenoxy) is 1. The summed E-state index contributed by atoms with van der Waals surface area (Å²) in [5.74, 6) is -0.445. The number of amides is 1. The highest BCUT2D eigenvalue weighted by Crippen LogP contribution is 2.37. The SMILES string of the molecule is CC1=Nc2c(C)cccc2[C@H](OCC(N)=O)C1. The molecule has 90 valence electrons. The fourth-order valence-corrected chi connectivity index (χ4v) is 2.04. The van der Waals surface area contributed by atoms with E-state index in [1.807, 2.05) is 32.0 Å². The normalized spacial score (nSPS) is 18.5. The summed E-state index contributed by atoms with van der Waals surface area (Å²) in [5, 5.41) is 0. The highest BCUT2D eigenvalue weighted by Gasteiger charge is 2.22. The summed E-state index contributed by atoms with van der Waals surface area (Å²) in [6.45, 7) is 3.94. The number of para-hydroxylation sites is 1. The molecule has 4 heteroatoms. The van der Waals surface area contributed by atoms with Crippen molar-refractivity contribution in [2.24, 2.45) is 10.7 Å². The quantitative estimate of drug-likeness (QED) is 0.866. The minimum atomic E-state index is -0.445. The van der Waals surface area contributed by atoms with Crippen molar-refractivity contribution in [2.75, 3.05) is 6.61 Å². The van der Waals surface area contributed by atoms with E-state index in [0.29, 0.717) is 6.42 Å². The first-order valence-corrected chi connectivity index (χ1v) is 5.61. The Balaban J connectivity index is 2.30. The molecule has 1 aliphatic heterocycles. The maximum atomic E-state index is 10.8. The van der Waals surface area contributed by atoms with Gasteiger partial charge in [-0.05, 0) is 19.4 Å². The van der Waals surface area contributed by atoms with Crippen molar-refractivity contribution >= 4 is 17.3 Å². The molecular formula is C13H16N2O2. The molecule has 0 aliphatic carbocycles. The Labute approximate surface area is 100 Å². The van der Waals surface area contributed by atoms with Gasteiger partial charge in [0.2, 0.25) is 5.91 Å². The number of nitrogens with zero attached hydrogens (tertiary/aromatic N) is 1. The van der Waals surface area contributed by atoms with Gasteiger partial charge in [0, 0.05) is 17.7 Å². The number of benzene rings is 1. The fourth-order valence-electron chi connectivity index (χ4n) is 2.04. The molecule has 0 unspecified atom stereocenters. The minimum absolute atomic E-state index is 0.0503. The van der Waals surface area contributed by atoms with Gasteiger partial charge >= 0.3 is 0 Å². The molecule has 1 aromatic carbocycles. The van der Waals surface area contributed by atoms with Crippen molar-refractivity contribution in [3.05, 3.63) is 29.3 Å². The number of nitrogens with two attached hydrogens (primary N) is 1. The van der Waals surface area contributed by atoms with Gasteiger partial charge in [0.05, 0.1) is 11.8 Å². The number of fused-ring (bicyclic) bond motifs is 1. The van der Waals surface area contributed by atoms with Crippen LogP contribution in [0.5, 0.6) is 0 Å². The van der Waals surface area contributed by atoms with E-state index in [9.17, 15) is 4.79 Å². The summed E-state index contributed by atoms with van der Waals surface area (Å²) < 4.78 is 5.54. The molecule has 0 spiro atoms. The van der Waals surface area contributed by atoms with E-state index in [-0.39, 0.29) is 12.7 Å². The number of hydrogen-bond donors (Lipinski definition) is 1. The summed E-state index contributed by atoms with van der Waals surface area (Å²) in [7, 11) is 0. The van der Waals surface area contributed by atoms with Crippen molar-refractivity contribution < 1.29 is 9.53 Å². The standard InChI is InChI=1S/C13H16N2O2/c1-8-4-3-5-10-11(17-7-12(14)16)6-9(2)15-13(8)10/h3-5,11H,6-7H2,1-2H3,(H2,14,16)/t11-/m1/s1. The average molecular weight is 232 g/mol. The van der Waals surface area contributed by atoms with Crippen LogP contribution in [0.3, 0.4) is 0 Å². The molecule has 0 radical (unpaired) electrons. The molecule has 1 aromatic rings. The second-order valence-electron chi connectivity index (χ2n) is 4.33. The third kappa shape index (κ3) is 2.53. The number of rotatable bonds is 3. The van der Waals surface area contributed by atoms with Crippen LogP contribution in [-0.4, -0.2) is 18.2 Å². The van der Waals surface area contributed by atoms with Gasteiger partial charge in [-0.1, -0.05) is 18.2 Å². The van der Waals surface area contributed by atoms with Gasteiger partial charge < -0.3 is 10.5 Å². The monoisotopic (exact) mass is 232 g/mol. The first-order chi connectivity index (χ1) is 8.08. The van der Waals surface area contributed by atoms with Crippen LogP contribution < -0.4 is 5.73 Å². The molecule has 0 fully saturated rings. The zero-order valence-electron chi connectivity index (χ0n) is 10.1. The third-order valence-corrected chi connectivity index (χ3v) is 2.83. The Kier molecular flexibility index (Phi) is 3.24. The third-order valence-electron chi connectivity index (χ3n) is 2.83. The van der Waals surface area contributed by atoms with Crippen LogP contribution >= 0.6 is 0 Å². The van der Waals surface area contributed by atoms with Gasteiger partial charge in [0.1, 0.15) is 6.61 Å². The van der Waals surface area contributed by atoms with Crippen molar-refractivity contribution in [2.45, 2.75) is 26.4 Å². The molecule has 1 heterocycles. The molecule has 0 saturated carbocycles. The van der Waals surface area contributed by atoms with Gasteiger partial charge in [-0.15, -0.1) is 0 Å². The van der Waals surface area contributed by atoms with E-state index in [2.05, 4.69) is 4.99 Å². The molecule has 0 saturated heterocycles. The van der Waals surface area contributed by atoms with Gasteiger partial charge in [0.15, 0.2) is 0 Å². The van der Waals surface area contributed by atoms with E-state index in [1.54, 1.807) is 0 Å². The van der Waals surface area contributed by atoms with Crippen LogP contribution in [0.2, 0.25) is 0 Å². The topological polar surface area (TPSA) is 64.7 Å². The predicted molar refractivity (Wildman–Crippen MR) is 66.5 cm³/mol. The smallest absolute Gasteiger partial charge is 0.243 e. The molecule has 0 bridgehead atoms. The number of aliphatic imine (C=N–C) groups is 1. The maximum Gasteiger partial charge on any atom is 0.243 e. The summed E-state index contributed by atoms with van der Waals surface area (Å²) >= 11 is 0. The molecule has 2 N–H and O–H groups in total. The summed E-state index contributed by atoms with van der Waals surface area (Å²) in [6, 6.07) is 5.99.